The van der Waals surface area contributed by atoms with Gasteiger partial charge < -0.3 is 5.11 Å². The van der Waals surface area contributed by atoms with E-state index in [0.717, 1.165) is 12.8 Å². The largest absolute Gasteiger partial charge is 0.396 e. The van der Waals surface area contributed by atoms with Crippen molar-refractivity contribution in [3.8, 4) is 0 Å². The maximum absolute atomic E-state index is 8.62. The highest BCUT2D eigenvalue weighted by atomic mass is 16.2. The summed E-state index contributed by atoms with van der Waals surface area (Å²) in [7, 11) is 0. The third-order valence-corrected chi connectivity index (χ3v) is 1.88. The van der Waals surface area contributed by atoms with Gasteiger partial charge in [-0.25, -0.2) is 0 Å². The maximum Gasteiger partial charge on any atom is 0.0468 e. The van der Waals surface area contributed by atoms with Gasteiger partial charge in [-0.1, -0.05) is 23.3 Å². The molecule has 1 aliphatic carbocycles. The first-order valence-electron chi connectivity index (χ1n) is 3.79. The molecule has 0 atom stereocenters. The van der Waals surface area contributed by atoms with Crippen molar-refractivity contribution < 1.29 is 5.11 Å². The molecule has 0 amide bonds. The highest BCUT2D eigenvalue weighted by Crippen LogP contribution is 2.19. The Morgan fingerprint density at radius 1 is 1.40 bits per heavy atom. The molecule has 0 saturated carbocycles. The number of hydrogen-bond acceptors (Lipinski definition) is 1. The summed E-state index contributed by atoms with van der Waals surface area (Å²) < 4.78 is 0. The summed E-state index contributed by atoms with van der Waals surface area (Å²) in [5, 5.41) is 8.62. The minimum Gasteiger partial charge on any atom is -0.396 e. The van der Waals surface area contributed by atoms with E-state index in [9.17, 15) is 0 Å². The van der Waals surface area contributed by atoms with E-state index in [1.54, 1.807) is 0 Å². The predicted octanol–water partition coefficient (Wildman–Crippen LogP) is 2.04. The van der Waals surface area contributed by atoms with Gasteiger partial charge in [0.2, 0.25) is 0 Å². The molecule has 0 spiro atoms. The fourth-order valence-electron chi connectivity index (χ4n) is 1.14. The number of allylic oxidation sites excluding steroid dienone is 3. The van der Waals surface area contributed by atoms with Crippen LogP contribution in [0.5, 0.6) is 0 Å². The summed E-state index contributed by atoms with van der Waals surface area (Å²) in [5.74, 6) is 0. The van der Waals surface area contributed by atoms with E-state index >= 15 is 0 Å². The normalized spacial score (nSPS) is 18.2. The van der Waals surface area contributed by atoms with Crippen molar-refractivity contribution in [2.45, 2.75) is 26.2 Å². The van der Waals surface area contributed by atoms with Crippen LogP contribution in [0.2, 0.25) is 0 Å². The van der Waals surface area contributed by atoms with Crippen molar-refractivity contribution in [1.29, 1.82) is 0 Å². The van der Waals surface area contributed by atoms with Crippen molar-refractivity contribution in [2.75, 3.05) is 6.61 Å². The summed E-state index contributed by atoms with van der Waals surface area (Å²) in [6.45, 7) is 2.44. The van der Waals surface area contributed by atoms with E-state index in [0.29, 0.717) is 6.61 Å². The van der Waals surface area contributed by atoms with Crippen LogP contribution in [0.3, 0.4) is 0 Å². The van der Waals surface area contributed by atoms with Crippen molar-refractivity contribution in [3.63, 3.8) is 0 Å². The minimum absolute atomic E-state index is 0.290. The highest BCUT2D eigenvalue weighted by Gasteiger charge is 2.01. The van der Waals surface area contributed by atoms with Crippen LogP contribution < -0.4 is 0 Å². The SMILES string of the molecule is CC1=CC=C(CCO)CC1. The van der Waals surface area contributed by atoms with E-state index in [1.807, 2.05) is 0 Å². The molecular weight excluding hydrogens is 124 g/mol. The van der Waals surface area contributed by atoms with Crippen molar-refractivity contribution in [3.05, 3.63) is 23.3 Å². The molecule has 0 unspecified atom stereocenters. The first kappa shape index (κ1) is 7.55. The summed E-state index contributed by atoms with van der Waals surface area (Å²) in [5.41, 5.74) is 2.83. The molecule has 1 heteroatoms. The van der Waals surface area contributed by atoms with E-state index in [2.05, 4.69) is 19.1 Å². The summed E-state index contributed by atoms with van der Waals surface area (Å²) >= 11 is 0. The molecule has 1 N–H and O–H groups in total. The molecule has 0 heterocycles. The molecule has 56 valence electrons. The fourth-order valence-corrected chi connectivity index (χ4v) is 1.14. The molecule has 0 radical (unpaired) electrons. The molecule has 1 rings (SSSR count). The number of aliphatic hydroxyl groups excluding tert-OH is 1. The molecular formula is C9H14O. The van der Waals surface area contributed by atoms with E-state index in [-0.39, 0.29) is 0 Å². The van der Waals surface area contributed by atoms with Crippen LogP contribution >= 0.6 is 0 Å². The lowest BCUT2D eigenvalue weighted by Gasteiger charge is -2.09. The number of hydrogen-bond donors (Lipinski definition) is 1. The van der Waals surface area contributed by atoms with Crippen LogP contribution in [0, 0.1) is 0 Å². The zero-order chi connectivity index (χ0) is 7.40. The standard InChI is InChI=1S/C9H14O/c1-8-2-4-9(5-3-8)6-7-10/h2,4,10H,3,5-7H2,1H3. The van der Waals surface area contributed by atoms with Gasteiger partial charge in [0.25, 0.3) is 0 Å². The third-order valence-electron chi connectivity index (χ3n) is 1.88. The first-order valence-corrected chi connectivity index (χ1v) is 3.79. The third kappa shape index (κ3) is 1.99. The summed E-state index contributed by atoms with van der Waals surface area (Å²) in [4.78, 5) is 0. The van der Waals surface area contributed by atoms with Crippen LogP contribution in [-0.2, 0) is 0 Å². The Kier molecular flexibility index (Phi) is 2.69. The number of aliphatic hydroxyl groups is 1. The molecule has 10 heavy (non-hydrogen) atoms. The molecule has 0 fully saturated rings. The van der Waals surface area contributed by atoms with Gasteiger partial charge in [0.15, 0.2) is 0 Å². The van der Waals surface area contributed by atoms with Gasteiger partial charge in [-0.2, -0.15) is 0 Å². The van der Waals surface area contributed by atoms with Crippen molar-refractivity contribution >= 4 is 0 Å². The Hall–Kier alpha value is -0.560. The Labute approximate surface area is 62.1 Å². The highest BCUT2D eigenvalue weighted by molar-refractivity contribution is 5.22. The molecule has 0 aromatic rings. The molecule has 0 aromatic carbocycles. The zero-order valence-electron chi connectivity index (χ0n) is 6.43. The second-order valence-corrected chi connectivity index (χ2v) is 2.81. The second kappa shape index (κ2) is 3.57. The lowest BCUT2D eigenvalue weighted by atomic mass is 9.98. The maximum atomic E-state index is 8.62. The molecule has 0 bridgehead atoms. The van der Waals surface area contributed by atoms with Gasteiger partial charge >= 0.3 is 0 Å². The smallest absolute Gasteiger partial charge is 0.0468 e. The van der Waals surface area contributed by atoms with Gasteiger partial charge in [-0.3, -0.25) is 0 Å². The Morgan fingerprint density at radius 3 is 2.70 bits per heavy atom. The molecule has 1 aliphatic rings. The Morgan fingerprint density at radius 2 is 2.20 bits per heavy atom. The monoisotopic (exact) mass is 138 g/mol. The molecule has 1 nitrogen and oxygen atoms in total. The van der Waals surface area contributed by atoms with Crippen molar-refractivity contribution in [1.82, 2.24) is 0 Å². The first-order chi connectivity index (χ1) is 4.83. The average Bonchev–Trinajstić information content (AvgIpc) is 1.95. The van der Waals surface area contributed by atoms with Gasteiger partial charge in [-0.05, 0) is 26.2 Å². The zero-order valence-corrected chi connectivity index (χ0v) is 6.43. The van der Waals surface area contributed by atoms with E-state index in [1.165, 1.54) is 17.6 Å². The van der Waals surface area contributed by atoms with Crippen LogP contribution in [0.4, 0.5) is 0 Å². The summed E-state index contributed by atoms with van der Waals surface area (Å²) in [6, 6.07) is 0. The Bertz CT molecular complexity index is 162. The van der Waals surface area contributed by atoms with E-state index in [4.69, 9.17) is 5.11 Å². The Balaban J connectivity index is 2.47. The predicted molar refractivity (Wildman–Crippen MR) is 42.8 cm³/mol. The van der Waals surface area contributed by atoms with Crippen molar-refractivity contribution in [2.24, 2.45) is 0 Å². The van der Waals surface area contributed by atoms with Crippen LogP contribution in [0.15, 0.2) is 23.3 Å². The van der Waals surface area contributed by atoms with Crippen LogP contribution in [0.25, 0.3) is 0 Å². The summed E-state index contributed by atoms with van der Waals surface area (Å²) in [6.07, 6.45) is 7.45. The lowest BCUT2D eigenvalue weighted by Crippen LogP contribution is -1.93. The van der Waals surface area contributed by atoms with Gasteiger partial charge in [-0.15, -0.1) is 0 Å². The molecule has 0 aliphatic heterocycles. The topological polar surface area (TPSA) is 20.2 Å². The van der Waals surface area contributed by atoms with Gasteiger partial charge in [0.05, 0.1) is 0 Å². The van der Waals surface area contributed by atoms with Crippen LogP contribution in [-0.4, -0.2) is 11.7 Å². The average molecular weight is 138 g/mol. The fraction of sp³-hybridized carbons (Fsp3) is 0.556. The molecule has 0 saturated heterocycles. The molecule has 0 aromatic heterocycles. The minimum atomic E-state index is 0.290. The van der Waals surface area contributed by atoms with E-state index < -0.39 is 0 Å². The van der Waals surface area contributed by atoms with Crippen LogP contribution in [0.1, 0.15) is 26.2 Å². The van der Waals surface area contributed by atoms with Gasteiger partial charge in [0, 0.05) is 6.61 Å². The second-order valence-electron chi connectivity index (χ2n) is 2.81. The lowest BCUT2D eigenvalue weighted by molar-refractivity contribution is 0.297. The number of rotatable bonds is 2. The van der Waals surface area contributed by atoms with Gasteiger partial charge in [0.1, 0.15) is 0 Å². The quantitative estimate of drug-likeness (QED) is 0.619.